The van der Waals surface area contributed by atoms with Gasteiger partial charge in [-0.15, -0.1) is 0 Å². The fourth-order valence-corrected chi connectivity index (χ4v) is 5.25. The monoisotopic (exact) mass is 573 g/mol. The lowest BCUT2D eigenvalue weighted by atomic mass is 9.91. The molecule has 0 spiro atoms. The molecule has 3 aromatic rings. The maximum atomic E-state index is 15.6. The lowest BCUT2D eigenvalue weighted by molar-refractivity contribution is -0.137. The summed E-state index contributed by atoms with van der Waals surface area (Å²) in [5.74, 6) is -1.37. The number of amides is 1. The maximum Gasteiger partial charge on any atom is 0.416 e. The van der Waals surface area contributed by atoms with E-state index in [1.807, 2.05) is 4.90 Å². The Labute approximate surface area is 234 Å². The minimum Gasteiger partial charge on any atom is -0.391 e. The number of nitrogens with one attached hydrogen (secondary N) is 1. The Morgan fingerprint density at radius 1 is 1.12 bits per heavy atom. The zero-order valence-electron chi connectivity index (χ0n) is 22.1. The Bertz CT molecular complexity index is 1340. The van der Waals surface area contributed by atoms with Gasteiger partial charge < -0.3 is 21.1 Å². The summed E-state index contributed by atoms with van der Waals surface area (Å²) >= 11 is 0. The van der Waals surface area contributed by atoms with Gasteiger partial charge in [0.15, 0.2) is 11.6 Å². The van der Waals surface area contributed by atoms with Gasteiger partial charge in [-0.3, -0.25) is 14.7 Å². The number of hydrogen-bond acceptors (Lipinski definition) is 8. The predicted molar refractivity (Wildman–Crippen MR) is 143 cm³/mol. The zero-order chi connectivity index (χ0) is 29.1. The van der Waals surface area contributed by atoms with Gasteiger partial charge in [0, 0.05) is 44.0 Å². The van der Waals surface area contributed by atoms with Crippen LogP contribution in [0.15, 0.2) is 55.1 Å². The molecule has 2 aromatic heterocycles. The molecule has 1 unspecified atom stereocenters. The largest absolute Gasteiger partial charge is 0.416 e. The van der Waals surface area contributed by atoms with Crippen LogP contribution in [0, 0.1) is 11.7 Å². The summed E-state index contributed by atoms with van der Waals surface area (Å²) < 4.78 is 54.5. The number of aromatic nitrogens is 3. The van der Waals surface area contributed by atoms with Gasteiger partial charge in [-0.1, -0.05) is 12.1 Å². The highest BCUT2D eigenvalue weighted by Gasteiger charge is 2.36. The van der Waals surface area contributed by atoms with E-state index < -0.39 is 35.6 Å². The number of carbonyl (C=O) groups is 1. The number of likely N-dealkylation sites (tertiary alicyclic amines) is 1. The Balaban J connectivity index is 1.23. The second-order valence-corrected chi connectivity index (χ2v) is 10.5. The molecule has 1 aliphatic heterocycles. The molecular formula is C28H31F4N7O2. The molecule has 1 aliphatic carbocycles. The average Bonchev–Trinajstić information content (AvgIpc) is 3.78. The van der Waals surface area contributed by atoms with Gasteiger partial charge in [-0.05, 0) is 61.2 Å². The number of aliphatic hydroxyl groups is 1. The molecule has 218 valence electrons. The first-order valence-corrected chi connectivity index (χ1v) is 13.4. The molecule has 13 heteroatoms. The molecule has 3 atom stereocenters. The Morgan fingerprint density at radius 2 is 1.83 bits per heavy atom. The van der Waals surface area contributed by atoms with Crippen LogP contribution in [0.4, 0.5) is 29.2 Å². The third-order valence-corrected chi connectivity index (χ3v) is 7.61. The average molecular weight is 574 g/mol. The lowest BCUT2D eigenvalue weighted by Gasteiger charge is -2.39. The van der Waals surface area contributed by atoms with Crippen molar-refractivity contribution in [3.05, 3.63) is 77.6 Å². The van der Waals surface area contributed by atoms with Crippen LogP contribution < -0.4 is 16.0 Å². The second kappa shape index (κ2) is 12.0. The number of nitrogens with two attached hydrogens (primary N) is 1. The van der Waals surface area contributed by atoms with E-state index in [2.05, 4.69) is 20.3 Å². The van der Waals surface area contributed by atoms with E-state index in [9.17, 15) is 23.1 Å². The summed E-state index contributed by atoms with van der Waals surface area (Å²) in [5.41, 5.74) is 6.23. The van der Waals surface area contributed by atoms with Crippen molar-refractivity contribution in [2.24, 2.45) is 11.7 Å². The fourth-order valence-electron chi connectivity index (χ4n) is 5.25. The molecule has 3 heterocycles. The molecule has 1 saturated carbocycles. The zero-order valence-corrected chi connectivity index (χ0v) is 22.1. The number of carbonyl (C=O) groups excluding carboxylic acids is 1. The van der Waals surface area contributed by atoms with Crippen LogP contribution in [0.3, 0.4) is 0 Å². The summed E-state index contributed by atoms with van der Waals surface area (Å²) in [5, 5.41) is 13.9. The molecule has 2 aliphatic rings. The van der Waals surface area contributed by atoms with Crippen molar-refractivity contribution in [2.45, 2.75) is 50.2 Å². The number of halogens is 4. The van der Waals surface area contributed by atoms with Gasteiger partial charge in [-0.25, -0.2) is 9.97 Å². The summed E-state index contributed by atoms with van der Waals surface area (Å²) in [6.07, 6.45) is 1.35. The lowest BCUT2D eigenvalue weighted by Crippen LogP contribution is -2.50. The minimum atomic E-state index is -4.43. The Kier molecular flexibility index (Phi) is 8.36. The number of primary amides is 1. The van der Waals surface area contributed by atoms with E-state index in [4.69, 9.17) is 5.73 Å². The molecule has 0 radical (unpaired) electrons. The number of anilines is 2. The number of nitrogens with zero attached hydrogens (tertiary/aromatic N) is 5. The van der Waals surface area contributed by atoms with E-state index in [-0.39, 0.29) is 43.2 Å². The van der Waals surface area contributed by atoms with Gasteiger partial charge in [0.25, 0.3) is 0 Å². The Morgan fingerprint density at radius 3 is 2.44 bits per heavy atom. The molecule has 9 nitrogen and oxygen atoms in total. The van der Waals surface area contributed by atoms with Crippen LogP contribution in [-0.2, 0) is 17.5 Å². The molecule has 4 N–H and O–H groups in total. The molecule has 1 amide bonds. The van der Waals surface area contributed by atoms with Crippen molar-refractivity contribution in [3.8, 4) is 0 Å². The van der Waals surface area contributed by atoms with Crippen molar-refractivity contribution >= 4 is 17.5 Å². The van der Waals surface area contributed by atoms with Crippen molar-refractivity contribution < 1.29 is 27.5 Å². The minimum absolute atomic E-state index is 0.0190. The van der Waals surface area contributed by atoms with E-state index >= 15 is 4.39 Å². The number of benzene rings is 1. The van der Waals surface area contributed by atoms with Crippen LogP contribution in [0.5, 0.6) is 0 Å². The molecule has 5 rings (SSSR count). The molecule has 1 saturated heterocycles. The number of pyridine rings is 1. The first-order chi connectivity index (χ1) is 19.6. The Hall–Kier alpha value is -3.84. The smallest absolute Gasteiger partial charge is 0.391 e. The highest BCUT2D eigenvalue weighted by Crippen LogP contribution is 2.36. The van der Waals surface area contributed by atoms with Crippen LogP contribution in [0.2, 0.25) is 0 Å². The SMILES string of the molecule is NC(=O)C(c1ccncc1)N1CC[C@H](CNc2ncnc(N(Cc3ccc(C(F)(F)F)cc3)C3CC3)c2F)[C@@H](O)C1. The number of aliphatic hydroxyl groups excluding tert-OH is 1. The number of alkyl halides is 3. The molecule has 1 aromatic carbocycles. The van der Waals surface area contributed by atoms with Gasteiger partial charge in [0.2, 0.25) is 11.7 Å². The highest BCUT2D eigenvalue weighted by atomic mass is 19.4. The first-order valence-electron chi connectivity index (χ1n) is 13.4. The molecule has 41 heavy (non-hydrogen) atoms. The van der Waals surface area contributed by atoms with Gasteiger partial charge >= 0.3 is 6.18 Å². The quantitative estimate of drug-likeness (QED) is 0.315. The first kappa shape index (κ1) is 28.7. The highest BCUT2D eigenvalue weighted by molar-refractivity contribution is 5.81. The third-order valence-electron chi connectivity index (χ3n) is 7.61. The van der Waals surface area contributed by atoms with Crippen molar-refractivity contribution in [1.82, 2.24) is 19.9 Å². The van der Waals surface area contributed by atoms with Gasteiger partial charge in [0.1, 0.15) is 12.4 Å². The van der Waals surface area contributed by atoms with E-state index in [0.717, 1.165) is 25.0 Å². The maximum absolute atomic E-state index is 15.6. The molecular weight excluding hydrogens is 542 g/mol. The fraction of sp³-hybridized carbons (Fsp3) is 0.429. The normalized spacial score (nSPS) is 20.4. The van der Waals surface area contributed by atoms with Crippen LogP contribution in [0.1, 0.15) is 42.0 Å². The summed E-state index contributed by atoms with van der Waals surface area (Å²) in [6, 6.07) is 7.58. The standard InChI is InChI=1S/C28H31F4N7O2/c29-23-26(35-13-19-9-12-38(15-22(19)40)24(25(33)41)18-7-10-34-11-8-18)36-16-37-27(23)39(21-5-6-21)14-17-1-3-20(4-2-17)28(30,31)32/h1-4,7-8,10-11,16,19,21-22,24,40H,5-6,9,12-15H2,(H2,33,41)(H,35,36,37)/t19-,22+,24?/m1/s1. The van der Waals surface area contributed by atoms with Gasteiger partial charge in [-0.2, -0.15) is 17.6 Å². The summed E-state index contributed by atoms with van der Waals surface area (Å²) in [4.78, 5) is 28.0. The van der Waals surface area contributed by atoms with Crippen LogP contribution in [0.25, 0.3) is 0 Å². The van der Waals surface area contributed by atoms with E-state index in [0.29, 0.717) is 24.1 Å². The van der Waals surface area contributed by atoms with Crippen LogP contribution in [-0.4, -0.2) is 62.6 Å². The number of rotatable bonds is 10. The topological polar surface area (TPSA) is 120 Å². The van der Waals surface area contributed by atoms with Crippen molar-refractivity contribution in [2.75, 3.05) is 29.9 Å². The van der Waals surface area contributed by atoms with Crippen molar-refractivity contribution in [1.29, 1.82) is 0 Å². The van der Waals surface area contributed by atoms with Crippen molar-refractivity contribution in [3.63, 3.8) is 0 Å². The van der Waals surface area contributed by atoms with E-state index in [1.165, 1.54) is 18.5 Å². The number of piperidine rings is 1. The number of β-amino-alcohol motifs (C(OH)–C–C–N with tert-alkyl or cyclic N) is 1. The third kappa shape index (κ3) is 6.73. The summed E-state index contributed by atoms with van der Waals surface area (Å²) in [6.45, 7) is 1.15. The van der Waals surface area contributed by atoms with Crippen LogP contribution >= 0.6 is 0 Å². The van der Waals surface area contributed by atoms with E-state index in [1.54, 1.807) is 29.4 Å². The molecule has 2 fully saturated rings. The predicted octanol–water partition coefficient (Wildman–Crippen LogP) is 3.52. The second-order valence-electron chi connectivity index (χ2n) is 10.5. The number of hydrogen-bond donors (Lipinski definition) is 3. The summed E-state index contributed by atoms with van der Waals surface area (Å²) in [7, 11) is 0. The molecule has 0 bridgehead atoms. The van der Waals surface area contributed by atoms with Gasteiger partial charge in [0.05, 0.1) is 11.7 Å².